The Morgan fingerprint density at radius 1 is 1.13 bits per heavy atom. The summed E-state index contributed by atoms with van der Waals surface area (Å²) < 4.78 is 2.99. The normalized spacial score (nSPS) is 11.0. The van der Waals surface area contributed by atoms with Crippen molar-refractivity contribution in [3.63, 3.8) is 0 Å². The van der Waals surface area contributed by atoms with Crippen LogP contribution in [0.4, 0.5) is 0 Å². The smallest absolute Gasteiger partial charge is 0.277 e. The summed E-state index contributed by atoms with van der Waals surface area (Å²) in [6.07, 6.45) is 1.84. The third-order valence-electron chi connectivity index (χ3n) is 4.71. The Balaban J connectivity index is 1.33. The lowest BCUT2D eigenvalue weighted by atomic mass is 10.2. The molecule has 1 amide bonds. The highest BCUT2D eigenvalue weighted by molar-refractivity contribution is 5.77. The fraction of sp³-hybridized carbons (Fsp3) is 0.238. The predicted molar refractivity (Wildman–Crippen MR) is 111 cm³/mol. The van der Waals surface area contributed by atoms with Gasteiger partial charge in [-0.15, -0.1) is 5.10 Å². The third kappa shape index (κ3) is 4.09. The minimum absolute atomic E-state index is 0.129. The van der Waals surface area contributed by atoms with Crippen LogP contribution in [0, 0.1) is 13.8 Å². The number of amides is 1. The average Bonchev–Trinajstić information content (AvgIpc) is 3.10. The number of rotatable bonds is 6. The van der Waals surface area contributed by atoms with Crippen LogP contribution in [-0.4, -0.2) is 35.7 Å². The van der Waals surface area contributed by atoms with Crippen molar-refractivity contribution >= 4 is 16.8 Å². The lowest BCUT2D eigenvalue weighted by Crippen LogP contribution is -2.29. The number of aromatic nitrogens is 6. The molecule has 0 saturated carbocycles. The van der Waals surface area contributed by atoms with Crippen molar-refractivity contribution in [3.8, 4) is 5.82 Å². The van der Waals surface area contributed by atoms with Crippen LogP contribution in [0.25, 0.3) is 16.7 Å². The molecule has 0 bridgehead atoms. The van der Waals surface area contributed by atoms with Crippen molar-refractivity contribution < 1.29 is 4.79 Å². The molecule has 0 atom stereocenters. The molecular weight excluding hydrogens is 382 g/mol. The molecule has 0 spiro atoms. The van der Waals surface area contributed by atoms with Gasteiger partial charge in [-0.2, -0.15) is 5.10 Å². The van der Waals surface area contributed by atoms with Gasteiger partial charge in [-0.3, -0.25) is 9.59 Å². The standard InChI is InChI=1S/C21H21N7O2/c1-14-11-15(2)28(25-14)19-8-7-16(12-22-19)13-23-20(29)9-10-27-21(30)17-5-3-4-6-18(17)24-26-27/h3-8,11-12H,9-10,13H2,1-2H3,(H,23,29). The van der Waals surface area contributed by atoms with Crippen molar-refractivity contribution in [1.82, 2.24) is 35.1 Å². The van der Waals surface area contributed by atoms with Gasteiger partial charge >= 0.3 is 0 Å². The number of nitrogens with zero attached hydrogens (tertiary/aromatic N) is 6. The third-order valence-corrected chi connectivity index (χ3v) is 4.71. The number of aryl methyl sites for hydroxylation is 3. The molecule has 4 rings (SSSR count). The minimum atomic E-state index is -0.252. The van der Waals surface area contributed by atoms with Crippen molar-refractivity contribution in [2.45, 2.75) is 33.4 Å². The van der Waals surface area contributed by atoms with Gasteiger partial charge < -0.3 is 5.32 Å². The van der Waals surface area contributed by atoms with E-state index in [9.17, 15) is 9.59 Å². The number of fused-ring (bicyclic) bond motifs is 1. The van der Waals surface area contributed by atoms with E-state index in [4.69, 9.17) is 0 Å². The van der Waals surface area contributed by atoms with E-state index in [0.29, 0.717) is 17.4 Å². The number of pyridine rings is 1. The quantitative estimate of drug-likeness (QED) is 0.525. The highest BCUT2D eigenvalue weighted by Gasteiger charge is 2.09. The first-order valence-corrected chi connectivity index (χ1v) is 9.59. The van der Waals surface area contributed by atoms with Gasteiger partial charge in [-0.05, 0) is 43.7 Å². The maximum Gasteiger partial charge on any atom is 0.277 e. The molecule has 9 nitrogen and oxygen atoms in total. The van der Waals surface area contributed by atoms with Crippen molar-refractivity contribution in [1.29, 1.82) is 0 Å². The molecule has 0 aliphatic carbocycles. The fourth-order valence-corrected chi connectivity index (χ4v) is 3.17. The molecule has 0 radical (unpaired) electrons. The van der Waals surface area contributed by atoms with E-state index in [1.165, 1.54) is 4.68 Å². The minimum Gasteiger partial charge on any atom is -0.352 e. The van der Waals surface area contributed by atoms with Gasteiger partial charge in [0, 0.05) is 24.9 Å². The van der Waals surface area contributed by atoms with Gasteiger partial charge in [0.1, 0.15) is 5.52 Å². The van der Waals surface area contributed by atoms with E-state index < -0.39 is 0 Å². The summed E-state index contributed by atoms with van der Waals surface area (Å²) in [6, 6.07) is 12.8. The van der Waals surface area contributed by atoms with Crippen LogP contribution in [0.15, 0.2) is 53.5 Å². The van der Waals surface area contributed by atoms with E-state index in [1.807, 2.05) is 32.0 Å². The molecule has 1 aromatic carbocycles. The highest BCUT2D eigenvalue weighted by atomic mass is 16.2. The number of hydrogen-bond donors (Lipinski definition) is 1. The topological polar surface area (TPSA) is 108 Å². The van der Waals surface area contributed by atoms with Crippen LogP contribution in [0.1, 0.15) is 23.4 Å². The fourth-order valence-electron chi connectivity index (χ4n) is 3.17. The second-order valence-electron chi connectivity index (χ2n) is 7.03. The summed E-state index contributed by atoms with van der Waals surface area (Å²) in [5, 5.41) is 15.7. The zero-order chi connectivity index (χ0) is 21.1. The lowest BCUT2D eigenvalue weighted by Gasteiger charge is -2.08. The first-order valence-electron chi connectivity index (χ1n) is 9.59. The molecule has 30 heavy (non-hydrogen) atoms. The van der Waals surface area contributed by atoms with Crippen LogP contribution >= 0.6 is 0 Å². The van der Waals surface area contributed by atoms with Crippen LogP contribution in [0.5, 0.6) is 0 Å². The molecule has 3 aromatic heterocycles. The van der Waals surface area contributed by atoms with E-state index in [1.54, 1.807) is 35.1 Å². The maximum atomic E-state index is 12.4. The number of carbonyl (C=O) groups excluding carboxylic acids is 1. The van der Waals surface area contributed by atoms with Crippen LogP contribution in [0.3, 0.4) is 0 Å². The Labute approximate surface area is 172 Å². The summed E-state index contributed by atoms with van der Waals surface area (Å²) in [7, 11) is 0. The Kier molecular flexibility index (Phi) is 5.34. The number of hydrogen-bond acceptors (Lipinski definition) is 6. The van der Waals surface area contributed by atoms with Crippen molar-refractivity contribution in [2.24, 2.45) is 0 Å². The number of carbonyl (C=O) groups is 1. The summed E-state index contributed by atoms with van der Waals surface area (Å²) in [5.74, 6) is 0.546. The van der Waals surface area contributed by atoms with E-state index in [2.05, 4.69) is 25.7 Å². The molecule has 152 valence electrons. The highest BCUT2D eigenvalue weighted by Crippen LogP contribution is 2.10. The van der Waals surface area contributed by atoms with Crippen molar-refractivity contribution in [2.75, 3.05) is 0 Å². The van der Waals surface area contributed by atoms with Gasteiger partial charge in [0.2, 0.25) is 5.91 Å². The van der Waals surface area contributed by atoms with Gasteiger partial charge in [-0.1, -0.05) is 23.4 Å². The van der Waals surface area contributed by atoms with Crippen LogP contribution in [-0.2, 0) is 17.9 Å². The van der Waals surface area contributed by atoms with E-state index >= 15 is 0 Å². The summed E-state index contributed by atoms with van der Waals surface area (Å²) >= 11 is 0. The van der Waals surface area contributed by atoms with E-state index in [0.717, 1.165) is 22.8 Å². The first kappa shape index (κ1) is 19.4. The Bertz CT molecular complexity index is 1260. The van der Waals surface area contributed by atoms with Gasteiger partial charge in [-0.25, -0.2) is 14.3 Å². The molecule has 3 heterocycles. The molecule has 1 N–H and O–H groups in total. The SMILES string of the molecule is Cc1cc(C)n(-c2ccc(CNC(=O)CCn3nnc4ccccc4c3=O)cn2)n1. The Hall–Kier alpha value is -3.88. The molecule has 0 saturated heterocycles. The number of nitrogens with one attached hydrogen (secondary N) is 1. The van der Waals surface area contributed by atoms with Crippen LogP contribution in [0.2, 0.25) is 0 Å². The molecule has 4 aromatic rings. The molecule has 0 unspecified atom stereocenters. The second kappa shape index (κ2) is 8.24. The monoisotopic (exact) mass is 403 g/mol. The number of benzene rings is 1. The van der Waals surface area contributed by atoms with Crippen molar-refractivity contribution in [3.05, 3.63) is 76.0 Å². The van der Waals surface area contributed by atoms with Gasteiger partial charge in [0.25, 0.3) is 5.56 Å². The zero-order valence-corrected chi connectivity index (χ0v) is 16.7. The summed E-state index contributed by atoms with van der Waals surface area (Å²) in [4.78, 5) is 29.0. The molecule has 0 aliphatic rings. The largest absolute Gasteiger partial charge is 0.352 e. The Morgan fingerprint density at radius 2 is 1.97 bits per heavy atom. The van der Waals surface area contributed by atoms with Gasteiger partial charge in [0.15, 0.2) is 5.82 Å². The molecule has 0 aliphatic heterocycles. The summed E-state index contributed by atoms with van der Waals surface area (Å²) in [5.41, 5.74) is 3.10. The predicted octanol–water partition coefficient (Wildman–Crippen LogP) is 1.70. The second-order valence-corrected chi connectivity index (χ2v) is 7.03. The lowest BCUT2D eigenvalue weighted by molar-refractivity contribution is -0.121. The van der Waals surface area contributed by atoms with Crippen LogP contribution < -0.4 is 10.9 Å². The summed E-state index contributed by atoms with van der Waals surface area (Å²) in [6.45, 7) is 4.42. The van der Waals surface area contributed by atoms with Gasteiger partial charge in [0.05, 0.1) is 17.6 Å². The molecule has 0 fully saturated rings. The zero-order valence-electron chi connectivity index (χ0n) is 16.7. The average molecular weight is 403 g/mol. The molecule has 9 heteroatoms. The Morgan fingerprint density at radius 3 is 2.70 bits per heavy atom. The molecular formula is C21H21N7O2. The first-order chi connectivity index (χ1) is 14.5. The maximum absolute atomic E-state index is 12.4. The van der Waals surface area contributed by atoms with E-state index in [-0.39, 0.29) is 24.4 Å².